The van der Waals surface area contributed by atoms with Crippen LogP contribution in [0.5, 0.6) is 0 Å². The number of hydrogen-bond acceptors (Lipinski definition) is 6. The fraction of sp³-hybridized carbons (Fsp3) is 0.667. The van der Waals surface area contributed by atoms with Crippen molar-refractivity contribution in [2.24, 2.45) is 17.3 Å². The molecule has 2 heterocycles. The average Bonchev–Trinajstić information content (AvgIpc) is 3.52. The Morgan fingerprint density at radius 1 is 1.48 bits per heavy atom. The Labute approximate surface area is 156 Å². The normalized spacial score (nSPS) is 23.9. The predicted octanol–water partition coefficient (Wildman–Crippen LogP) is 1.26. The van der Waals surface area contributed by atoms with Gasteiger partial charge in [-0.25, -0.2) is 10.0 Å². The number of carbonyl (C=O) groups excluding carboxylic acids is 3. The molecule has 3 fully saturated rings. The lowest BCUT2D eigenvalue weighted by atomic mass is 9.99. The third kappa shape index (κ3) is 3.97. The molecule has 3 aliphatic rings. The van der Waals surface area contributed by atoms with E-state index in [0.29, 0.717) is 36.8 Å². The molecular formula is C18H24N4O5. The summed E-state index contributed by atoms with van der Waals surface area (Å²) in [5, 5.41) is 12.8. The predicted molar refractivity (Wildman–Crippen MR) is 92.3 cm³/mol. The molecule has 9 nitrogen and oxygen atoms in total. The van der Waals surface area contributed by atoms with Crippen LogP contribution >= 0.6 is 0 Å². The number of anilines is 1. The molecule has 2 N–H and O–H groups in total. The van der Waals surface area contributed by atoms with E-state index in [9.17, 15) is 19.6 Å². The molecule has 2 saturated carbocycles. The minimum atomic E-state index is -0.586. The second-order valence-corrected chi connectivity index (χ2v) is 8.12. The first kappa shape index (κ1) is 18.0. The van der Waals surface area contributed by atoms with E-state index in [1.165, 1.54) is 12.5 Å². The monoisotopic (exact) mass is 376 g/mol. The number of hydroxylamine groups is 2. The lowest BCUT2D eigenvalue weighted by Crippen LogP contribution is -2.47. The van der Waals surface area contributed by atoms with Gasteiger partial charge in [-0.2, -0.15) is 0 Å². The minimum absolute atomic E-state index is 0.0297. The molecule has 1 aromatic rings. The number of likely N-dealkylation sites (tertiary alicyclic amines) is 1. The van der Waals surface area contributed by atoms with Crippen molar-refractivity contribution >= 4 is 24.2 Å². The summed E-state index contributed by atoms with van der Waals surface area (Å²) < 4.78 is 5.08. The Kier molecular flexibility index (Phi) is 4.63. The first-order chi connectivity index (χ1) is 13.0. The zero-order chi connectivity index (χ0) is 19.0. The zero-order valence-corrected chi connectivity index (χ0v) is 15.0. The number of hydrogen-bond donors (Lipinski definition) is 2. The first-order valence-electron chi connectivity index (χ1n) is 9.41. The third-order valence-corrected chi connectivity index (χ3v) is 5.91. The number of oxazole rings is 1. The van der Waals surface area contributed by atoms with Gasteiger partial charge in [0.25, 0.3) is 5.91 Å². The van der Waals surface area contributed by atoms with Crippen LogP contribution < -0.4 is 5.32 Å². The van der Waals surface area contributed by atoms with Gasteiger partial charge in [-0.1, -0.05) is 12.8 Å². The summed E-state index contributed by atoms with van der Waals surface area (Å²) in [6.45, 7) is 0.500. The van der Waals surface area contributed by atoms with E-state index < -0.39 is 12.0 Å². The van der Waals surface area contributed by atoms with Gasteiger partial charge in [-0.15, -0.1) is 0 Å². The van der Waals surface area contributed by atoms with E-state index in [-0.39, 0.29) is 29.8 Å². The van der Waals surface area contributed by atoms with E-state index in [0.717, 1.165) is 25.7 Å². The highest BCUT2D eigenvalue weighted by atomic mass is 16.5. The maximum absolute atomic E-state index is 13.2. The molecular weight excluding hydrogens is 352 g/mol. The van der Waals surface area contributed by atoms with Gasteiger partial charge in [0.15, 0.2) is 0 Å². The number of rotatable bonds is 8. The van der Waals surface area contributed by atoms with E-state index in [4.69, 9.17) is 4.42 Å². The van der Waals surface area contributed by atoms with Crippen molar-refractivity contribution in [3.8, 4) is 0 Å². The van der Waals surface area contributed by atoms with E-state index in [1.807, 2.05) is 0 Å². The average molecular weight is 376 g/mol. The second kappa shape index (κ2) is 6.95. The van der Waals surface area contributed by atoms with Gasteiger partial charge in [-0.05, 0) is 37.0 Å². The van der Waals surface area contributed by atoms with Crippen LogP contribution in [-0.4, -0.2) is 57.5 Å². The second-order valence-electron chi connectivity index (χ2n) is 8.12. The van der Waals surface area contributed by atoms with Crippen LogP contribution in [0.25, 0.3) is 0 Å². The third-order valence-electron chi connectivity index (χ3n) is 5.91. The zero-order valence-electron chi connectivity index (χ0n) is 15.0. The van der Waals surface area contributed by atoms with Crippen molar-refractivity contribution in [3.63, 3.8) is 0 Å². The standard InChI is InChI=1S/C18H24N4O5/c23-11-21(26)9-13(7-12-1-2-12)16(25)22-10-18(3-4-18)8-14(22)15(24)20-17-19-5-6-27-17/h5-6,11-14,26H,1-4,7-10H2,(H,19,20,24)/t13-,14+/m1/s1. The summed E-state index contributed by atoms with van der Waals surface area (Å²) >= 11 is 0. The SMILES string of the molecule is O=CN(O)C[C@@H](CC1CC1)C(=O)N1CC2(CC2)C[C@H]1C(=O)Nc1ncco1. The van der Waals surface area contributed by atoms with E-state index in [1.54, 1.807) is 4.90 Å². The Bertz CT molecular complexity index is 713. The maximum Gasteiger partial charge on any atom is 0.301 e. The van der Waals surface area contributed by atoms with Crippen molar-refractivity contribution < 1.29 is 24.0 Å². The van der Waals surface area contributed by atoms with Crippen LogP contribution in [0.4, 0.5) is 6.01 Å². The van der Waals surface area contributed by atoms with E-state index >= 15 is 0 Å². The fourth-order valence-corrected chi connectivity index (χ4v) is 4.05. The number of carbonyl (C=O) groups is 3. The topological polar surface area (TPSA) is 116 Å². The molecule has 27 heavy (non-hydrogen) atoms. The van der Waals surface area contributed by atoms with Crippen molar-refractivity contribution in [1.29, 1.82) is 0 Å². The van der Waals surface area contributed by atoms with Crippen LogP contribution in [0.3, 0.4) is 0 Å². The molecule has 0 radical (unpaired) electrons. The quantitative estimate of drug-likeness (QED) is 0.401. The molecule has 9 heteroatoms. The Morgan fingerprint density at radius 3 is 2.85 bits per heavy atom. The van der Waals surface area contributed by atoms with Crippen LogP contribution in [0, 0.1) is 17.3 Å². The molecule has 1 aromatic heterocycles. The van der Waals surface area contributed by atoms with Gasteiger partial charge in [0.2, 0.25) is 12.3 Å². The number of nitrogens with zero attached hydrogens (tertiary/aromatic N) is 3. The molecule has 3 amide bonds. The molecule has 2 aliphatic carbocycles. The largest absolute Gasteiger partial charge is 0.432 e. The lowest BCUT2D eigenvalue weighted by Gasteiger charge is -2.29. The van der Waals surface area contributed by atoms with Crippen LogP contribution in [0.1, 0.15) is 38.5 Å². The summed E-state index contributed by atoms with van der Waals surface area (Å²) in [6.07, 6.45) is 8.52. The molecule has 1 saturated heterocycles. The van der Waals surface area contributed by atoms with Crippen molar-refractivity contribution in [3.05, 3.63) is 12.5 Å². The van der Waals surface area contributed by atoms with Gasteiger partial charge >= 0.3 is 6.01 Å². The van der Waals surface area contributed by atoms with E-state index in [2.05, 4.69) is 10.3 Å². The van der Waals surface area contributed by atoms with Crippen LogP contribution in [0.15, 0.2) is 16.9 Å². The molecule has 1 aliphatic heterocycles. The smallest absolute Gasteiger partial charge is 0.301 e. The summed E-state index contributed by atoms with van der Waals surface area (Å²) in [5.41, 5.74) is 0.0297. The summed E-state index contributed by atoms with van der Waals surface area (Å²) in [5.74, 6) is -0.523. The van der Waals surface area contributed by atoms with Crippen molar-refractivity contribution in [2.45, 2.75) is 44.6 Å². The lowest BCUT2D eigenvalue weighted by molar-refractivity contribution is -0.158. The van der Waals surface area contributed by atoms with Crippen LogP contribution in [-0.2, 0) is 14.4 Å². The fourth-order valence-electron chi connectivity index (χ4n) is 4.05. The van der Waals surface area contributed by atoms with Gasteiger partial charge < -0.3 is 9.32 Å². The Morgan fingerprint density at radius 2 is 2.26 bits per heavy atom. The molecule has 2 atom stereocenters. The highest BCUT2D eigenvalue weighted by Crippen LogP contribution is 2.55. The molecule has 146 valence electrons. The molecule has 0 unspecified atom stereocenters. The van der Waals surface area contributed by atoms with Gasteiger partial charge in [0, 0.05) is 6.54 Å². The number of nitrogens with one attached hydrogen (secondary N) is 1. The first-order valence-corrected chi connectivity index (χ1v) is 9.41. The molecule has 1 spiro atoms. The van der Waals surface area contributed by atoms with Gasteiger partial charge in [-0.3, -0.25) is 24.9 Å². The maximum atomic E-state index is 13.2. The van der Waals surface area contributed by atoms with Crippen LogP contribution in [0.2, 0.25) is 0 Å². The molecule has 0 bridgehead atoms. The van der Waals surface area contributed by atoms with Crippen molar-refractivity contribution in [1.82, 2.24) is 14.9 Å². The minimum Gasteiger partial charge on any atom is -0.432 e. The highest BCUT2D eigenvalue weighted by Gasteiger charge is 2.56. The van der Waals surface area contributed by atoms with Crippen molar-refractivity contribution in [2.75, 3.05) is 18.4 Å². The summed E-state index contributed by atoms with van der Waals surface area (Å²) in [4.78, 5) is 42.4. The van der Waals surface area contributed by atoms with Gasteiger partial charge in [0.05, 0.1) is 18.7 Å². The Balaban J connectivity index is 1.49. The Hall–Kier alpha value is -2.42. The molecule has 4 rings (SSSR count). The number of aromatic nitrogens is 1. The van der Waals surface area contributed by atoms with Gasteiger partial charge in [0.1, 0.15) is 12.3 Å². The summed E-state index contributed by atoms with van der Waals surface area (Å²) in [6, 6.07) is -0.474. The number of amides is 3. The summed E-state index contributed by atoms with van der Waals surface area (Å²) in [7, 11) is 0. The molecule has 0 aromatic carbocycles. The highest BCUT2D eigenvalue weighted by molar-refractivity contribution is 5.96.